The number of rotatable bonds is 7. The van der Waals surface area contributed by atoms with E-state index in [1.54, 1.807) is 0 Å². The Kier molecular flexibility index (Phi) is 7.59. The minimum absolute atomic E-state index is 0.664. The summed E-state index contributed by atoms with van der Waals surface area (Å²) in [5.74, 6) is 0. The van der Waals surface area contributed by atoms with Crippen molar-refractivity contribution in [3.05, 3.63) is 12.7 Å². The molecule has 1 nitrogen and oxygen atoms in total. The molecule has 1 atom stereocenters. The summed E-state index contributed by atoms with van der Waals surface area (Å²) in [5.41, 5.74) is 0. The van der Waals surface area contributed by atoms with Crippen LogP contribution in [0.3, 0.4) is 0 Å². The van der Waals surface area contributed by atoms with Gasteiger partial charge in [0.25, 0.3) is 0 Å². The van der Waals surface area contributed by atoms with Crippen LogP contribution in [0.2, 0.25) is 0 Å². The molecule has 11 heavy (non-hydrogen) atoms. The van der Waals surface area contributed by atoms with E-state index in [2.05, 4.69) is 25.7 Å². The summed E-state index contributed by atoms with van der Waals surface area (Å²) in [6.45, 7) is 9.31. The van der Waals surface area contributed by atoms with E-state index in [0.717, 1.165) is 13.0 Å². The fourth-order valence-electron chi connectivity index (χ4n) is 1.20. The Morgan fingerprint density at radius 3 is 2.55 bits per heavy atom. The summed E-state index contributed by atoms with van der Waals surface area (Å²) in [6.07, 6.45) is 6.86. The summed E-state index contributed by atoms with van der Waals surface area (Å²) >= 11 is 0. The Balaban J connectivity index is 3.41. The number of nitrogens with one attached hydrogen (secondary N) is 1. The van der Waals surface area contributed by atoms with Crippen LogP contribution in [0.1, 0.15) is 39.5 Å². The Bertz CT molecular complexity index is 88.9. The van der Waals surface area contributed by atoms with Crippen LogP contribution in [0.25, 0.3) is 0 Å². The highest BCUT2D eigenvalue weighted by Gasteiger charge is 2.02. The molecule has 1 unspecified atom stereocenters. The minimum Gasteiger partial charge on any atom is -0.314 e. The van der Waals surface area contributed by atoms with Crippen molar-refractivity contribution < 1.29 is 0 Å². The molecule has 0 heterocycles. The molecule has 0 radical (unpaired) electrons. The van der Waals surface area contributed by atoms with Gasteiger partial charge in [-0.3, -0.25) is 0 Å². The molecule has 1 heteroatoms. The predicted molar refractivity (Wildman–Crippen MR) is 51.8 cm³/mol. The normalized spacial score (nSPS) is 12.9. The molecule has 0 aliphatic carbocycles. The monoisotopic (exact) mass is 155 g/mol. The van der Waals surface area contributed by atoms with Crippen LogP contribution in [-0.4, -0.2) is 12.6 Å². The quantitative estimate of drug-likeness (QED) is 0.557. The van der Waals surface area contributed by atoms with Gasteiger partial charge in [-0.1, -0.05) is 26.3 Å². The van der Waals surface area contributed by atoms with Gasteiger partial charge in [0.2, 0.25) is 0 Å². The maximum absolute atomic E-state index is 3.75. The van der Waals surface area contributed by atoms with E-state index >= 15 is 0 Å². The summed E-state index contributed by atoms with van der Waals surface area (Å²) < 4.78 is 0. The summed E-state index contributed by atoms with van der Waals surface area (Å²) in [5, 5.41) is 3.50. The maximum atomic E-state index is 3.75. The van der Waals surface area contributed by atoms with Gasteiger partial charge >= 0.3 is 0 Å². The molecule has 0 spiro atoms. The van der Waals surface area contributed by atoms with E-state index in [1.807, 2.05) is 6.08 Å². The van der Waals surface area contributed by atoms with Crippen molar-refractivity contribution in [2.24, 2.45) is 0 Å². The van der Waals surface area contributed by atoms with Crippen LogP contribution in [-0.2, 0) is 0 Å². The first kappa shape index (κ1) is 10.7. The standard InChI is InChI=1S/C10H21N/c1-4-7-10(8-5-2)11-9-6-3/h4,10-11H,1,5-9H2,2-3H3. The summed E-state index contributed by atoms with van der Waals surface area (Å²) in [6, 6.07) is 0.664. The largest absolute Gasteiger partial charge is 0.314 e. The molecule has 0 rings (SSSR count). The van der Waals surface area contributed by atoms with Gasteiger partial charge < -0.3 is 5.32 Å². The van der Waals surface area contributed by atoms with E-state index in [1.165, 1.54) is 19.3 Å². The van der Waals surface area contributed by atoms with Gasteiger partial charge in [-0.15, -0.1) is 6.58 Å². The van der Waals surface area contributed by atoms with Crippen LogP contribution in [0, 0.1) is 0 Å². The third-order valence-corrected chi connectivity index (χ3v) is 1.77. The Morgan fingerprint density at radius 2 is 2.09 bits per heavy atom. The molecule has 0 aliphatic heterocycles. The van der Waals surface area contributed by atoms with Crippen LogP contribution in [0.5, 0.6) is 0 Å². The van der Waals surface area contributed by atoms with Gasteiger partial charge in [0, 0.05) is 6.04 Å². The SMILES string of the molecule is C=CCC(CCC)NCCC. The zero-order chi connectivity index (χ0) is 8.53. The third kappa shape index (κ3) is 6.11. The predicted octanol–water partition coefficient (Wildman–Crippen LogP) is 2.73. The van der Waals surface area contributed by atoms with Crippen molar-refractivity contribution in [3.8, 4) is 0 Å². The molecule has 0 fully saturated rings. The Morgan fingerprint density at radius 1 is 1.36 bits per heavy atom. The first-order valence-electron chi connectivity index (χ1n) is 4.69. The second kappa shape index (κ2) is 7.80. The molecular formula is C10H21N. The zero-order valence-electron chi connectivity index (χ0n) is 7.90. The average molecular weight is 155 g/mol. The van der Waals surface area contributed by atoms with Crippen molar-refractivity contribution in [1.29, 1.82) is 0 Å². The molecule has 0 aromatic heterocycles. The van der Waals surface area contributed by atoms with E-state index in [4.69, 9.17) is 0 Å². The molecule has 0 saturated carbocycles. The number of hydrogen-bond donors (Lipinski definition) is 1. The van der Waals surface area contributed by atoms with Gasteiger partial charge in [-0.2, -0.15) is 0 Å². The highest BCUT2D eigenvalue weighted by atomic mass is 14.9. The van der Waals surface area contributed by atoms with Gasteiger partial charge in [0.1, 0.15) is 0 Å². The lowest BCUT2D eigenvalue weighted by atomic mass is 10.1. The molecular weight excluding hydrogens is 134 g/mol. The van der Waals surface area contributed by atoms with Crippen LogP contribution < -0.4 is 5.32 Å². The third-order valence-electron chi connectivity index (χ3n) is 1.77. The summed E-state index contributed by atoms with van der Waals surface area (Å²) in [7, 11) is 0. The lowest BCUT2D eigenvalue weighted by molar-refractivity contribution is 0.479. The van der Waals surface area contributed by atoms with Crippen molar-refractivity contribution in [2.75, 3.05) is 6.54 Å². The molecule has 0 bridgehead atoms. The van der Waals surface area contributed by atoms with E-state index in [9.17, 15) is 0 Å². The highest BCUT2D eigenvalue weighted by Crippen LogP contribution is 2.01. The van der Waals surface area contributed by atoms with E-state index in [0.29, 0.717) is 6.04 Å². The number of hydrogen-bond acceptors (Lipinski definition) is 1. The Hall–Kier alpha value is -0.300. The van der Waals surface area contributed by atoms with E-state index < -0.39 is 0 Å². The smallest absolute Gasteiger partial charge is 0.0101 e. The van der Waals surface area contributed by atoms with Crippen molar-refractivity contribution in [3.63, 3.8) is 0 Å². The van der Waals surface area contributed by atoms with Gasteiger partial charge in [-0.25, -0.2) is 0 Å². The first-order chi connectivity index (χ1) is 5.35. The first-order valence-corrected chi connectivity index (χ1v) is 4.69. The van der Waals surface area contributed by atoms with Gasteiger partial charge in [0.15, 0.2) is 0 Å². The molecule has 1 N–H and O–H groups in total. The second-order valence-corrected chi connectivity index (χ2v) is 2.96. The van der Waals surface area contributed by atoms with E-state index in [-0.39, 0.29) is 0 Å². The van der Waals surface area contributed by atoms with Crippen molar-refractivity contribution in [2.45, 2.75) is 45.6 Å². The molecule has 0 amide bonds. The van der Waals surface area contributed by atoms with Crippen molar-refractivity contribution >= 4 is 0 Å². The average Bonchev–Trinajstić information content (AvgIpc) is 2.01. The van der Waals surface area contributed by atoms with Crippen LogP contribution >= 0.6 is 0 Å². The molecule has 0 aliphatic rings. The van der Waals surface area contributed by atoms with Crippen molar-refractivity contribution in [1.82, 2.24) is 5.32 Å². The molecule has 66 valence electrons. The highest BCUT2D eigenvalue weighted by molar-refractivity contribution is 4.77. The van der Waals surface area contributed by atoms with Gasteiger partial charge in [0.05, 0.1) is 0 Å². The lowest BCUT2D eigenvalue weighted by Gasteiger charge is -2.15. The van der Waals surface area contributed by atoms with Crippen LogP contribution in [0.4, 0.5) is 0 Å². The molecule has 0 aromatic rings. The fraction of sp³-hybridized carbons (Fsp3) is 0.800. The second-order valence-electron chi connectivity index (χ2n) is 2.96. The fourth-order valence-corrected chi connectivity index (χ4v) is 1.20. The zero-order valence-corrected chi connectivity index (χ0v) is 7.90. The lowest BCUT2D eigenvalue weighted by Crippen LogP contribution is -2.28. The topological polar surface area (TPSA) is 12.0 Å². The maximum Gasteiger partial charge on any atom is 0.0101 e. The minimum atomic E-state index is 0.664. The molecule has 0 saturated heterocycles. The van der Waals surface area contributed by atoms with Gasteiger partial charge in [-0.05, 0) is 25.8 Å². The molecule has 0 aromatic carbocycles. The Labute approximate surface area is 70.9 Å². The summed E-state index contributed by atoms with van der Waals surface area (Å²) in [4.78, 5) is 0. The van der Waals surface area contributed by atoms with Crippen LogP contribution in [0.15, 0.2) is 12.7 Å².